The summed E-state index contributed by atoms with van der Waals surface area (Å²) in [5, 5.41) is 3.16. The first-order chi connectivity index (χ1) is 8.22. The quantitative estimate of drug-likeness (QED) is 0.878. The lowest BCUT2D eigenvalue weighted by Crippen LogP contribution is -2.46. The molecule has 1 saturated heterocycles. The molecule has 0 saturated carbocycles. The molecule has 0 amide bonds. The minimum absolute atomic E-state index is 0.388. The first-order valence-electron chi connectivity index (χ1n) is 6.04. The van der Waals surface area contributed by atoms with E-state index >= 15 is 0 Å². The average Bonchev–Trinajstić information content (AvgIpc) is 2.79. The summed E-state index contributed by atoms with van der Waals surface area (Å²) in [6.07, 6.45) is -1.68. The van der Waals surface area contributed by atoms with Crippen LogP contribution in [-0.4, -0.2) is 37.5 Å². The number of rotatable bonds is 4. The van der Waals surface area contributed by atoms with Crippen LogP contribution in [-0.2, 0) is 6.42 Å². The lowest BCUT2D eigenvalue weighted by molar-refractivity contribution is 0.00705. The Morgan fingerprint density at radius 1 is 1.35 bits per heavy atom. The molecule has 1 aliphatic heterocycles. The third-order valence-corrected chi connectivity index (χ3v) is 3.11. The maximum atomic E-state index is 13.2. The van der Waals surface area contributed by atoms with Crippen LogP contribution in [0.15, 0.2) is 16.5 Å². The summed E-state index contributed by atoms with van der Waals surface area (Å²) < 4.78 is 31.8. The van der Waals surface area contributed by atoms with Crippen molar-refractivity contribution in [3.05, 3.63) is 23.7 Å². The van der Waals surface area contributed by atoms with Crippen LogP contribution < -0.4 is 5.32 Å². The molecule has 1 fully saturated rings. The molecule has 17 heavy (non-hydrogen) atoms. The summed E-state index contributed by atoms with van der Waals surface area (Å²) >= 11 is 0. The molecule has 0 aromatic carbocycles. The Morgan fingerprint density at radius 3 is 2.59 bits per heavy atom. The molecule has 0 spiro atoms. The Labute approximate surface area is 99.8 Å². The van der Waals surface area contributed by atoms with Gasteiger partial charge >= 0.3 is 0 Å². The minimum atomic E-state index is -2.41. The molecular formula is C12H18F2N2O. The number of aryl methyl sites for hydroxylation is 1. The zero-order valence-electron chi connectivity index (χ0n) is 9.96. The first kappa shape index (κ1) is 12.5. The van der Waals surface area contributed by atoms with E-state index in [-0.39, 0.29) is 0 Å². The maximum absolute atomic E-state index is 13.2. The lowest BCUT2D eigenvalue weighted by Gasteiger charge is -2.33. The van der Waals surface area contributed by atoms with E-state index in [2.05, 4.69) is 5.32 Å². The van der Waals surface area contributed by atoms with Crippen molar-refractivity contribution < 1.29 is 13.2 Å². The molecule has 0 bridgehead atoms. The number of nitrogens with one attached hydrogen (secondary N) is 1. The van der Waals surface area contributed by atoms with Crippen LogP contribution in [0.5, 0.6) is 0 Å². The molecule has 2 heterocycles. The predicted octanol–water partition coefficient (Wildman–Crippen LogP) is 2.05. The Balaban J connectivity index is 2.15. The van der Waals surface area contributed by atoms with Crippen LogP contribution in [0.25, 0.3) is 0 Å². The first-order valence-corrected chi connectivity index (χ1v) is 6.04. The second kappa shape index (κ2) is 5.60. The van der Waals surface area contributed by atoms with Gasteiger partial charge in [-0.3, -0.25) is 4.90 Å². The molecule has 1 aromatic heterocycles. The number of hydrogen-bond acceptors (Lipinski definition) is 3. The smallest absolute Gasteiger partial charge is 0.261 e. The topological polar surface area (TPSA) is 28.4 Å². The third-order valence-electron chi connectivity index (χ3n) is 3.11. The Bertz CT molecular complexity index is 348. The number of alkyl halides is 2. The highest BCUT2D eigenvalue weighted by Gasteiger charge is 2.32. The molecule has 1 aliphatic rings. The van der Waals surface area contributed by atoms with Gasteiger partial charge < -0.3 is 9.73 Å². The second-order valence-electron chi connectivity index (χ2n) is 4.22. The van der Waals surface area contributed by atoms with Gasteiger partial charge in [0.1, 0.15) is 17.6 Å². The summed E-state index contributed by atoms with van der Waals surface area (Å²) in [7, 11) is 0. The van der Waals surface area contributed by atoms with Gasteiger partial charge in [-0.1, -0.05) is 6.92 Å². The van der Waals surface area contributed by atoms with Crippen molar-refractivity contribution in [3.63, 3.8) is 0 Å². The van der Waals surface area contributed by atoms with E-state index in [1.165, 1.54) is 0 Å². The fraction of sp³-hybridized carbons (Fsp3) is 0.667. The van der Waals surface area contributed by atoms with E-state index in [1.54, 1.807) is 17.0 Å². The van der Waals surface area contributed by atoms with Crippen LogP contribution in [0.3, 0.4) is 0 Å². The van der Waals surface area contributed by atoms with Crippen molar-refractivity contribution >= 4 is 0 Å². The molecule has 1 N–H and O–H groups in total. The van der Waals surface area contributed by atoms with Crippen molar-refractivity contribution in [2.75, 3.05) is 26.2 Å². The van der Waals surface area contributed by atoms with Gasteiger partial charge in [0.15, 0.2) is 0 Å². The highest BCUT2D eigenvalue weighted by Crippen LogP contribution is 2.29. The van der Waals surface area contributed by atoms with Gasteiger partial charge in [0.05, 0.1) is 0 Å². The standard InChI is InChI=1S/C12H18F2N2O/c1-2-9-3-4-10(17-9)11(12(13)14)16-7-5-15-6-8-16/h3-4,11-12,15H,2,5-8H2,1H3/t11-/m1/s1. The van der Waals surface area contributed by atoms with E-state index in [0.29, 0.717) is 18.8 Å². The van der Waals surface area contributed by atoms with Gasteiger partial charge in [0, 0.05) is 32.6 Å². The summed E-state index contributed by atoms with van der Waals surface area (Å²) in [6, 6.07) is 2.56. The Kier molecular flexibility index (Phi) is 4.12. The molecule has 0 aliphatic carbocycles. The van der Waals surface area contributed by atoms with Crippen molar-refractivity contribution in [3.8, 4) is 0 Å². The molecule has 3 nitrogen and oxygen atoms in total. The Morgan fingerprint density at radius 2 is 2.06 bits per heavy atom. The number of hydrogen-bond donors (Lipinski definition) is 1. The van der Waals surface area contributed by atoms with E-state index in [0.717, 1.165) is 25.3 Å². The number of nitrogens with zero attached hydrogens (tertiary/aromatic N) is 1. The molecule has 2 rings (SSSR count). The molecule has 1 aromatic rings. The fourth-order valence-corrected chi connectivity index (χ4v) is 2.17. The monoisotopic (exact) mass is 244 g/mol. The zero-order valence-corrected chi connectivity index (χ0v) is 9.96. The van der Waals surface area contributed by atoms with Crippen LogP contribution >= 0.6 is 0 Å². The maximum Gasteiger partial charge on any atom is 0.261 e. The molecule has 0 unspecified atom stereocenters. The summed E-state index contributed by atoms with van der Waals surface area (Å²) in [5.74, 6) is 1.15. The van der Waals surface area contributed by atoms with Gasteiger partial charge in [-0.15, -0.1) is 0 Å². The largest absolute Gasteiger partial charge is 0.464 e. The van der Waals surface area contributed by atoms with Gasteiger partial charge in [-0.2, -0.15) is 0 Å². The van der Waals surface area contributed by atoms with Gasteiger partial charge in [-0.25, -0.2) is 8.78 Å². The van der Waals surface area contributed by atoms with Gasteiger partial charge in [-0.05, 0) is 12.1 Å². The number of halogens is 2. The van der Waals surface area contributed by atoms with Crippen molar-refractivity contribution in [1.29, 1.82) is 0 Å². The van der Waals surface area contributed by atoms with Crippen LogP contribution in [0.1, 0.15) is 24.5 Å². The van der Waals surface area contributed by atoms with E-state index in [9.17, 15) is 8.78 Å². The van der Waals surface area contributed by atoms with Gasteiger partial charge in [0.25, 0.3) is 6.43 Å². The number of piperazine rings is 1. The van der Waals surface area contributed by atoms with Crippen LogP contribution in [0.2, 0.25) is 0 Å². The Hall–Kier alpha value is -0.940. The molecule has 96 valence electrons. The van der Waals surface area contributed by atoms with E-state index in [4.69, 9.17) is 4.42 Å². The van der Waals surface area contributed by atoms with E-state index in [1.807, 2.05) is 6.92 Å². The minimum Gasteiger partial charge on any atom is -0.464 e. The summed E-state index contributed by atoms with van der Waals surface area (Å²) in [4.78, 5) is 1.79. The zero-order chi connectivity index (χ0) is 12.3. The average molecular weight is 244 g/mol. The van der Waals surface area contributed by atoms with Crippen molar-refractivity contribution in [2.24, 2.45) is 0 Å². The SMILES string of the molecule is CCc1ccc([C@H](C(F)F)N2CCNCC2)o1. The van der Waals surface area contributed by atoms with E-state index < -0.39 is 12.5 Å². The van der Waals surface area contributed by atoms with Gasteiger partial charge in [0.2, 0.25) is 0 Å². The fourth-order valence-electron chi connectivity index (χ4n) is 2.17. The molecule has 5 heteroatoms. The molecular weight excluding hydrogens is 226 g/mol. The van der Waals surface area contributed by atoms with Crippen LogP contribution in [0.4, 0.5) is 8.78 Å². The third kappa shape index (κ3) is 2.84. The lowest BCUT2D eigenvalue weighted by atomic mass is 10.1. The predicted molar refractivity (Wildman–Crippen MR) is 61.3 cm³/mol. The summed E-state index contributed by atoms with van der Waals surface area (Å²) in [5.41, 5.74) is 0. The normalized spacial score (nSPS) is 19.8. The molecule has 1 atom stereocenters. The van der Waals surface area contributed by atoms with Crippen LogP contribution in [0, 0.1) is 0 Å². The highest BCUT2D eigenvalue weighted by molar-refractivity contribution is 5.12. The summed E-state index contributed by atoms with van der Waals surface area (Å²) in [6.45, 7) is 4.73. The highest BCUT2D eigenvalue weighted by atomic mass is 19.3. The second-order valence-corrected chi connectivity index (χ2v) is 4.22. The molecule has 0 radical (unpaired) electrons. The van der Waals surface area contributed by atoms with Crippen molar-refractivity contribution in [1.82, 2.24) is 10.2 Å². The number of furan rings is 1. The van der Waals surface area contributed by atoms with Crippen molar-refractivity contribution in [2.45, 2.75) is 25.8 Å².